The van der Waals surface area contributed by atoms with Gasteiger partial charge in [0.05, 0.1) is 42.5 Å². The van der Waals surface area contributed by atoms with Crippen LogP contribution >= 0.6 is 0 Å². The molecule has 0 aromatic rings. The zero-order chi connectivity index (χ0) is 42.2. The van der Waals surface area contributed by atoms with Crippen LogP contribution in [-0.2, 0) is 28.6 Å². The summed E-state index contributed by atoms with van der Waals surface area (Å²) < 4.78 is 19.4. The minimum Gasteiger partial charge on any atom is -0.481 e. The molecule has 2 aliphatic heterocycles. The number of carboxylic acids is 2. The van der Waals surface area contributed by atoms with Crippen molar-refractivity contribution in [2.75, 3.05) is 6.61 Å². The van der Waals surface area contributed by atoms with Crippen LogP contribution in [0.25, 0.3) is 0 Å². The second-order valence-electron chi connectivity index (χ2n) is 22.5. The Kier molecular flexibility index (Phi) is 10.4. The summed E-state index contributed by atoms with van der Waals surface area (Å²) in [7, 11) is 0. The van der Waals surface area contributed by atoms with Crippen LogP contribution in [-0.4, -0.2) is 104 Å². The smallest absolute Gasteiger partial charge is 0.335 e. The molecule has 0 aromatic carbocycles. The monoisotopic (exact) mass is 814 g/mol. The SMILES string of the molecule is CC1(C)C2CC[C@]3(C)C(C(=O)C=C4[C@@H]5C[C@@](C)(C(=O)O)CC[C@]5(C)CC[C@]43C)[C@@]2(C)CC[C@@H]1O[C@@H]1OC(C(=O)O)[C@@H](O)C(O)C1C1([C@@H]2OC[C@H](O)CC2O)CCCC1. The number of aliphatic hydroxyl groups is 4. The Labute approximate surface area is 343 Å². The Morgan fingerprint density at radius 3 is 2.14 bits per heavy atom. The summed E-state index contributed by atoms with van der Waals surface area (Å²) in [6.07, 6.45) is 2.34. The van der Waals surface area contributed by atoms with E-state index in [2.05, 4.69) is 41.5 Å². The number of ketones is 1. The van der Waals surface area contributed by atoms with Gasteiger partial charge < -0.3 is 44.8 Å². The van der Waals surface area contributed by atoms with E-state index in [4.69, 9.17) is 14.2 Å². The third kappa shape index (κ3) is 5.94. The quantitative estimate of drug-likeness (QED) is 0.180. The van der Waals surface area contributed by atoms with Gasteiger partial charge in [-0.3, -0.25) is 9.59 Å². The van der Waals surface area contributed by atoms with Gasteiger partial charge in [0.25, 0.3) is 0 Å². The highest BCUT2D eigenvalue weighted by Gasteiger charge is 2.71. The molecule has 12 heteroatoms. The van der Waals surface area contributed by atoms with Crippen molar-refractivity contribution < 1.29 is 59.2 Å². The van der Waals surface area contributed by atoms with E-state index in [0.29, 0.717) is 38.5 Å². The van der Waals surface area contributed by atoms with Crippen LogP contribution in [0.1, 0.15) is 138 Å². The summed E-state index contributed by atoms with van der Waals surface area (Å²) in [4.78, 5) is 40.0. The Morgan fingerprint density at radius 2 is 1.50 bits per heavy atom. The first kappa shape index (κ1) is 42.7. The van der Waals surface area contributed by atoms with Gasteiger partial charge in [0.15, 0.2) is 18.2 Å². The standard InChI is InChI=1S/C46H70O12/c1-40(2)29-10-15-45(7)35(27(48)21-25-26-22-42(4,39(54)55)17-16-41(26,3)18-19-44(25,45)6)43(29,5)14-11-30(40)57-38-31(32(50)33(51)34(58-38)37(52)53)46(12-8-9-13-46)36-28(49)20-24(47)23-56-36/h21,24,26,28-36,38,47,49-51H,8-20,22-23H2,1-7H3,(H,52,53)(H,54,55)/t24-,26+,28?,29?,30+,31?,32?,33+,34?,35?,36-,38-,41-,42+,43+,44-,45-/m1/s1. The van der Waals surface area contributed by atoms with E-state index in [-0.39, 0.29) is 58.2 Å². The van der Waals surface area contributed by atoms with Gasteiger partial charge in [-0.15, -0.1) is 0 Å². The fourth-order valence-electron chi connectivity index (χ4n) is 15.7. The number of hydrogen-bond donors (Lipinski definition) is 6. The van der Waals surface area contributed by atoms with E-state index in [0.717, 1.165) is 44.9 Å². The van der Waals surface area contributed by atoms with Crippen LogP contribution in [0, 0.1) is 61.6 Å². The zero-order valence-electron chi connectivity index (χ0n) is 35.7. The fourth-order valence-corrected chi connectivity index (χ4v) is 15.7. The molecule has 6 aliphatic carbocycles. The van der Waals surface area contributed by atoms with Crippen molar-refractivity contribution in [3.8, 4) is 0 Å². The van der Waals surface area contributed by atoms with E-state index in [1.165, 1.54) is 5.57 Å². The number of ether oxygens (including phenoxy) is 3. The molecule has 58 heavy (non-hydrogen) atoms. The summed E-state index contributed by atoms with van der Waals surface area (Å²) in [6, 6.07) is 0. The van der Waals surface area contributed by atoms with E-state index in [9.17, 15) is 45.0 Å². The van der Waals surface area contributed by atoms with E-state index < -0.39 is 83.1 Å². The maximum Gasteiger partial charge on any atom is 0.335 e. The second-order valence-corrected chi connectivity index (χ2v) is 22.5. The Morgan fingerprint density at radius 1 is 0.828 bits per heavy atom. The Balaban J connectivity index is 1.11. The molecule has 8 rings (SSSR count). The molecule has 12 nitrogen and oxygen atoms in total. The highest BCUT2D eigenvalue weighted by molar-refractivity contribution is 5.95. The first-order valence-corrected chi connectivity index (χ1v) is 22.4. The van der Waals surface area contributed by atoms with Crippen molar-refractivity contribution >= 4 is 17.7 Å². The van der Waals surface area contributed by atoms with Gasteiger partial charge in [0, 0.05) is 23.7 Å². The lowest BCUT2D eigenvalue weighted by molar-refractivity contribution is -0.338. The van der Waals surface area contributed by atoms with Gasteiger partial charge in [0.2, 0.25) is 0 Å². The van der Waals surface area contributed by atoms with Gasteiger partial charge >= 0.3 is 11.9 Å². The number of carbonyl (C=O) groups excluding carboxylic acids is 1. The lowest BCUT2D eigenvalue weighted by atomic mass is 9.33. The minimum atomic E-state index is -1.73. The van der Waals surface area contributed by atoms with Crippen LogP contribution in [0.15, 0.2) is 11.6 Å². The maximum absolute atomic E-state index is 15.0. The second kappa shape index (κ2) is 14.0. The number of aliphatic hydroxyl groups excluding tert-OH is 4. The first-order chi connectivity index (χ1) is 27.0. The van der Waals surface area contributed by atoms with Crippen molar-refractivity contribution in [3.05, 3.63) is 11.6 Å². The van der Waals surface area contributed by atoms with Crippen molar-refractivity contribution in [2.24, 2.45) is 61.6 Å². The Bertz CT molecular complexity index is 1700. The molecular weight excluding hydrogens is 744 g/mol. The fraction of sp³-hybridized carbons (Fsp3) is 0.891. The summed E-state index contributed by atoms with van der Waals surface area (Å²) in [5.74, 6) is -3.08. The third-order valence-corrected chi connectivity index (χ3v) is 19.3. The molecule has 2 heterocycles. The van der Waals surface area contributed by atoms with Gasteiger partial charge in [-0.25, -0.2) is 4.79 Å². The first-order valence-electron chi connectivity index (χ1n) is 22.4. The largest absolute Gasteiger partial charge is 0.481 e. The van der Waals surface area contributed by atoms with Gasteiger partial charge in [-0.1, -0.05) is 60.0 Å². The third-order valence-electron chi connectivity index (χ3n) is 19.3. The van der Waals surface area contributed by atoms with Crippen LogP contribution in [0.3, 0.4) is 0 Å². The Hall–Kier alpha value is -1.93. The minimum absolute atomic E-state index is 0.0190. The number of hydrogen-bond acceptors (Lipinski definition) is 10. The summed E-state index contributed by atoms with van der Waals surface area (Å²) in [6.45, 7) is 15.5. The van der Waals surface area contributed by atoms with Crippen molar-refractivity contribution in [1.82, 2.24) is 0 Å². The number of allylic oxidation sites excluding steroid dienone is 2. The van der Waals surface area contributed by atoms with Crippen molar-refractivity contribution in [3.63, 3.8) is 0 Å². The molecule has 0 bridgehead atoms. The maximum atomic E-state index is 15.0. The lowest BCUT2D eigenvalue weighted by Crippen LogP contribution is -2.68. The highest BCUT2D eigenvalue weighted by Crippen LogP contribution is 2.75. The predicted octanol–water partition coefficient (Wildman–Crippen LogP) is 5.66. The zero-order valence-corrected chi connectivity index (χ0v) is 35.7. The predicted molar refractivity (Wildman–Crippen MR) is 211 cm³/mol. The van der Waals surface area contributed by atoms with Crippen LogP contribution in [0.4, 0.5) is 0 Å². The molecule has 17 atom stereocenters. The van der Waals surface area contributed by atoms with Crippen LogP contribution in [0.5, 0.6) is 0 Å². The van der Waals surface area contributed by atoms with E-state index >= 15 is 0 Å². The normalized spacial score (nSPS) is 52.3. The number of carboxylic acid groups (broad SMARTS) is 2. The van der Waals surface area contributed by atoms with Crippen molar-refractivity contribution in [1.29, 1.82) is 0 Å². The molecular formula is C46H70O12. The number of rotatable bonds is 6. The molecule has 6 unspecified atom stereocenters. The average molecular weight is 815 g/mol. The average Bonchev–Trinajstić information content (AvgIpc) is 3.62. The van der Waals surface area contributed by atoms with E-state index in [1.54, 1.807) is 0 Å². The summed E-state index contributed by atoms with van der Waals surface area (Å²) in [5, 5.41) is 65.3. The van der Waals surface area contributed by atoms with Crippen LogP contribution < -0.4 is 0 Å². The van der Waals surface area contributed by atoms with Gasteiger partial charge in [-0.2, -0.15) is 0 Å². The molecule has 0 spiro atoms. The number of aliphatic carboxylic acids is 2. The van der Waals surface area contributed by atoms with Gasteiger partial charge in [-0.05, 0) is 123 Å². The molecule has 2 saturated heterocycles. The topological polar surface area (TPSA) is 200 Å². The summed E-state index contributed by atoms with van der Waals surface area (Å²) in [5.41, 5.74) is -2.09. The molecule has 7 fully saturated rings. The molecule has 326 valence electrons. The van der Waals surface area contributed by atoms with Crippen molar-refractivity contribution in [2.45, 2.75) is 187 Å². The van der Waals surface area contributed by atoms with Gasteiger partial charge in [0.1, 0.15) is 6.10 Å². The molecule has 0 radical (unpaired) electrons. The van der Waals surface area contributed by atoms with E-state index in [1.807, 2.05) is 13.0 Å². The highest BCUT2D eigenvalue weighted by atomic mass is 16.7. The number of fused-ring (bicyclic) bond motifs is 7. The molecule has 0 amide bonds. The molecule has 0 aromatic heterocycles. The van der Waals surface area contributed by atoms with Crippen LogP contribution in [0.2, 0.25) is 0 Å². The lowest BCUT2D eigenvalue weighted by Gasteiger charge is -2.70. The molecule has 5 saturated carbocycles. The summed E-state index contributed by atoms with van der Waals surface area (Å²) >= 11 is 0. The number of carbonyl (C=O) groups is 3. The molecule has 8 aliphatic rings. The molecule has 6 N–H and O–H groups in total.